The Bertz CT molecular complexity index is 1340. The maximum atomic E-state index is 12.7. The number of aromatic nitrogens is 6. The van der Waals surface area contributed by atoms with E-state index in [-0.39, 0.29) is 0 Å². The molecule has 11 heteroatoms. The molecule has 0 spiro atoms. The Morgan fingerprint density at radius 3 is 2.68 bits per heavy atom. The Labute approximate surface area is 193 Å². The molecule has 4 aromatic rings. The lowest BCUT2D eigenvalue weighted by Crippen LogP contribution is -2.41. The van der Waals surface area contributed by atoms with Gasteiger partial charge in [0.05, 0.1) is 24.3 Å². The summed E-state index contributed by atoms with van der Waals surface area (Å²) in [4.78, 5) is 15.3. The molecule has 1 aliphatic carbocycles. The Morgan fingerprint density at radius 1 is 1.09 bits per heavy atom. The minimum atomic E-state index is -4.44. The van der Waals surface area contributed by atoms with Crippen LogP contribution in [0, 0.1) is 5.92 Å². The SMILES string of the molecule is CN1c2nc(NCc3cnn(Cc4ccc(C(F)(F)F)nc4)c3)nc3ccn(c23)CC1C1CC1. The summed E-state index contributed by atoms with van der Waals surface area (Å²) < 4.78 is 42.0. The first-order valence-corrected chi connectivity index (χ1v) is 11.2. The maximum absolute atomic E-state index is 12.7. The number of alkyl halides is 3. The second-order valence-corrected chi connectivity index (χ2v) is 9.04. The van der Waals surface area contributed by atoms with Crippen molar-refractivity contribution in [3.05, 3.63) is 59.8 Å². The van der Waals surface area contributed by atoms with Gasteiger partial charge in [-0.3, -0.25) is 9.67 Å². The number of hydrogen-bond acceptors (Lipinski definition) is 6. The summed E-state index contributed by atoms with van der Waals surface area (Å²) >= 11 is 0. The summed E-state index contributed by atoms with van der Waals surface area (Å²) in [5.41, 5.74) is 2.64. The lowest BCUT2D eigenvalue weighted by molar-refractivity contribution is -0.141. The van der Waals surface area contributed by atoms with Crippen molar-refractivity contribution >= 4 is 22.8 Å². The van der Waals surface area contributed by atoms with Crippen LogP contribution in [0.25, 0.3) is 11.0 Å². The monoisotopic (exact) mass is 468 g/mol. The predicted octanol–water partition coefficient (Wildman–Crippen LogP) is 3.93. The van der Waals surface area contributed by atoms with Gasteiger partial charge in [-0.1, -0.05) is 6.07 Å². The van der Waals surface area contributed by atoms with Gasteiger partial charge in [0.15, 0.2) is 5.82 Å². The third-order valence-electron chi connectivity index (χ3n) is 6.57. The third kappa shape index (κ3) is 3.84. The van der Waals surface area contributed by atoms with E-state index in [1.54, 1.807) is 10.9 Å². The highest BCUT2D eigenvalue weighted by molar-refractivity contribution is 5.89. The average Bonchev–Trinajstić information content (AvgIpc) is 3.43. The van der Waals surface area contributed by atoms with Crippen molar-refractivity contribution in [2.24, 2.45) is 5.92 Å². The van der Waals surface area contributed by atoms with Crippen molar-refractivity contribution in [3.63, 3.8) is 0 Å². The van der Waals surface area contributed by atoms with Gasteiger partial charge in [0, 0.05) is 44.3 Å². The van der Waals surface area contributed by atoms with Gasteiger partial charge in [-0.15, -0.1) is 0 Å². The molecule has 1 aliphatic heterocycles. The summed E-state index contributed by atoms with van der Waals surface area (Å²) in [6, 6.07) is 4.90. The van der Waals surface area contributed by atoms with E-state index >= 15 is 0 Å². The molecular formula is C23H23F3N8. The number of nitrogens with zero attached hydrogens (tertiary/aromatic N) is 7. The van der Waals surface area contributed by atoms with Crippen LogP contribution in [-0.4, -0.2) is 42.4 Å². The molecule has 2 aliphatic rings. The van der Waals surface area contributed by atoms with Crippen LogP contribution in [0.5, 0.6) is 0 Å². The molecule has 6 rings (SSSR count). The molecule has 8 nitrogen and oxygen atoms in total. The van der Waals surface area contributed by atoms with Gasteiger partial charge in [0.1, 0.15) is 11.2 Å². The number of anilines is 2. The van der Waals surface area contributed by atoms with Crippen molar-refractivity contribution < 1.29 is 13.2 Å². The highest BCUT2D eigenvalue weighted by Gasteiger charge is 2.38. The molecule has 1 saturated carbocycles. The highest BCUT2D eigenvalue weighted by Crippen LogP contribution is 2.41. The summed E-state index contributed by atoms with van der Waals surface area (Å²) in [5.74, 6) is 2.24. The van der Waals surface area contributed by atoms with Crippen LogP contribution in [-0.2, 0) is 25.8 Å². The van der Waals surface area contributed by atoms with Crippen LogP contribution in [0.15, 0.2) is 43.0 Å². The number of halogens is 3. The number of likely N-dealkylation sites (N-methyl/N-ethyl adjacent to an activating group) is 1. The quantitative estimate of drug-likeness (QED) is 0.462. The van der Waals surface area contributed by atoms with Gasteiger partial charge in [-0.2, -0.15) is 23.3 Å². The summed E-state index contributed by atoms with van der Waals surface area (Å²) in [6.45, 7) is 1.78. The molecule has 34 heavy (non-hydrogen) atoms. The molecule has 5 heterocycles. The lowest BCUT2D eigenvalue weighted by Gasteiger charge is -2.34. The van der Waals surface area contributed by atoms with E-state index in [2.05, 4.69) is 43.1 Å². The third-order valence-corrected chi connectivity index (χ3v) is 6.57. The van der Waals surface area contributed by atoms with Crippen molar-refractivity contribution in [2.45, 2.75) is 44.7 Å². The smallest absolute Gasteiger partial charge is 0.353 e. The Hall–Kier alpha value is -3.63. The molecule has 0 radical (unpaired) electrons. The zero-order valence-electron chi connectivity index (χ0n) is 18.5. The second kappa shape index (κ2) is 7.71. The fraction of sp³-hybridized carbons (Fsp3) is 0.391. The van der Waals surface area contributed by atoms with Gasteiger partial charge in [0.2, 0.25) is 5.95 Å². The molecule has 4 aromatic heterocycles. The minimum absolute atomic E-state index is 0.332. The topological polar surface area (TPSA) is 76.7 Å². The molecule has 0 saturated heterocycles. The van der Waals surface area contributed by atoms with Crippen molar-refractivity contribution in [3.8, 4) is 0 Å². The van der Waals surface area contributed by atoms with Crippen molar-refractivity contribution in [1.29, 1.82) is 0 Å². The van der Waals surface area contributed by atoms with Crippen LogP contribution in [0.3, 0.4) is 0 Å². The first-order valence-electron chi connectivity index (χ1n) is 11.2. The molecule has 0 amide bonds. The number of hydrogen-bond donors (Lipinski definition) is 1. The minimum Gasteiger partial charge on any atom is -0.353 e. The number of pyridine rings is 1. The van der Waals surface area contributed by atoms with E-state index in [1.165, 1.54) is 25.1 Å². The van der Waals surface area contributed by atoms with E-state index in [9.17, 15) is 13.2 Å². The number of rotatable bonds is 6. The predicted molar refractivity (Wildman–Crippen MR) is 120 cm³/mol. The van der Waals surface area contributed by atoms with E-state index < -0.39 is 11.9 Å². The normalized spacial score (nSPS) is 18.0. The molecule has 1 N–H and O–H groups in total. The Balaban J connectivity index is 1.15. The zero-order valence-corrected chi connectivity index (χ0v) is 18.5. The van der Waals surface area contributed by atoms with Gasteiger partial charge in [-0.05, 0) is 36.5 Å². The molecule has 1 unspecified atom stereocenters. The van der Waals surface area contributed by atoms with Gasteiger partial charge >= 0.3 is 6.18 Å². The van der Waals surface area contributed by atoms with E-state index in [0.717, 1.165) is 40.9 Å². The summed E-state index contributed by atoms with van der Waals surface area (Å²) in [6.07, 6.45) is 5.00. The van der Waals surface area contributed by atoms with Crippen molar-refractivity contribution in [2.75, 3.05) is 17.3 Å². The summed E-state index contributed by atoms with van der Waals surface area (Å²) in [5, 5.41) is 7.61. The molecule has 176 valence electrons. The second-order valence-electron chi connectivity index (χ2n) is 9.04. The molecule has 1 atom stereocenters. The summed E-state index contributed by atoms with van der Waals surface area (Å²) in [7, 11) is 2.12. The average molecular weight is 468 g/mol. The molecule has 1 fully saturated rings. The molecular weight excluding hydrogens is 445 g/mol. The van der Waals surface area contributed by atoms with E-state index in [0.29, 0.717) is 30.6 Å². The highest BCUT2D eigenvalue weighted by atomic mass is 19.4. The van der Waals surface area contributed by atoms with Gasteiger partial charge in [-0.25, -0.2) is 4.98 Å². The maximum Gasteiger partial charge on any atom is 0.433 e. The van der Waals surface area contributed by atoms with Crippen molar-refractivity contribution in [1.82, 2.24) is 29.3 Å². The molecule has 0 bridgehead atoms. The zero-order chi connectivity index (χ0) is 23.4. The fourth-order valence-corrected chi connectivity index (χ4v) is 4.63. The van der Waals surface area contributed by atoms with Crippen LogP contribution >= 0.6 is 0 Å². The van der Waals surface area contributed by atoms with Crippen LogP contribution < -0.4 is 10.2 Å². The van der Waals surface area contributed by atoms with Crippen LogP contribution in [0.2, 0.25) is 0 Å². The lowest BCUT2D eigenvalue weighted by atomic mass is 10.1. The standard InChI is InChI=1S/C23H23F3N8/c1-32-18(16-3-4-16)13-33-7-6-17-20(33)21(32)31-22(30-17)28-9-15-10-29-34(12-15)11-14-2-5-19(27-8-14)23(24,25)26/h2,5-8,10,12,16,18H,3-4,9,11,13H2,1H3,(H,28,30,31). The largest absolute Gasteiger partial charge is 0.433 e. The van der Waals surface area contributed by atoms with E-state index in [4.69, 9.17) is 4.98 Å². The van der Waals surface area contributed by atoms with Gasteiger partial charge in [0.25, 0.3) is 0 Å². The first-order chi connectivity index (χ1) is 16.3. The van der Waals surface area contributed by atoms with Crippen LogP contribution in [0.4, 0.5) is 24.9 Å². The Morgan fingerprint density at radius 2 is 1.94 bits per heavy atom. The van der Waals surface area contributed by atoms with E-state index in [1.807, 2.05) is 12.3 Å². The molecule has 0 aromatic carbocycles. The van der Waals surface area contributed by atoms with Gasteiger partial charge < -0.3 is 14.8 Å². The Kier molecular flexibility index (Phi) is 4.75. The fourth-order valence-electron chi connectivity index (χ4n) is 4.63. The number of nitrogens with one attached hydrogen (secondary N) is 1. The first kappa shape index (κ1) is 20.9. The van der Waals surface area contributed by atoms with Crippen LogP contribution in [0.1, 0.15) is 29.7 Å².